The second-order valence-electron chi connectivity index (χ2n) is 9.72. The quantitative estimate of drug-likeness (QED) is 0.212. The van der Waals surface area contributed by atoms with Gasteiger partial charge in [-0.2, -0.15) is 5.26 Å². The number of nitriles is 1. The largest absolute Gasteiger partial charge is 0.497 e. The Kier molecular flexibility index (Phi) is 14.9. The van der Waals surface area contributed by atoms with E-state index >= 15 is 0 Å². The minimum Gasteiger partial charge on any atom is -0.497 e. The molecule has 0 spiro atoms. The first-order chi connectivity index (χ1) is 18.3. The molecule has 218 valence electrons. The molecule has 0 bridgehead atoms. The summed E-state index contributed by atoms with van der Waals surface area (Å²) in [5.74, 6) is 3.65. The minimum absolute atomic E-state index is 0. The van der Waals surface area contributed by atoms with E-state index in [-0.39, 0.29) is 18.3 Å². The second-order valence-corrected chi connectivity index (χ2v) is 9.72. The van der Waals surface area contributed by atoms with Crippen LogP contribution in [0.2, 0.25) is 0 Å². The number of halogens is 1. The Hall–Kier alpha value is -2.82. The van der Waals surface area contributed by atoms with Gasteiger partial charge in [0.1, 0.15) is 11.5 Å². The molecule has 0 radical (unpaired) electrons. The third-order valence-electron chi connectivity index (χ3n) is 6.91. The zero-order chi connectivity index (χ0) is 28.1. The summed E-state index contributed by atoms with van der Waals surface area (Å²) in [5.41, 5.74) is 1.45. The van der Waals surface area contributed by atoms with E-state index in [0.717, 1.165) is 55.0 Å². The number of methoxy groups -OCH3 is 2. The predicted molar refractivity (Wildman–Crippen MR) is 159 cm³/mol. The van der Waals surface area contributed by atoms with Crippen molar-refractivity contribution >= 4 is 12.4 Å². The van der Waals surface area contributed by atoms with Gasteiger partial charge in [-0.05, 0) is 94.9 Å². The van der Waals surface area contributed by atoms with Crippen molar-refractivity contribution < 1.29 is 23.7 Å². The van der Waals surface area contributed by atoms with E-state index in [9.17, 15) is 5.26 Å². The molecular weight excluding hydrogens is 516 g/mol. The molecular formula is C31H47ClN2O5. The summed E-state index contributed by atoms with van der Waals surface area (Å²) in [6.07, 6.45) is 2.48. The van der Waals surface area contributed by atoms with Gasteiger partial charge in [0.05, 0.1) is 45.5 Å². The van der Waals surface area contributed by atoms with Crippen LogP contribution in [0.5, 0.6) is 28.7 Å². The Balaban J connectivity index is 0.00000760. The molecule has 0 aliphatic carbocycles. The molecule has 0 N–H and O–H groups in total. The summed E-state index contributed by atoms with van der Waals surface area (Å²) in [5, 5.41) is 10.4. The highest BCUT2D eigenvalue weighted by atomic mass is 35.5. The van der Waals surface area contributed by atoms with Crippen molar-refractivity contribution in [2.75, 3.05) is 54.2 Å². The van der Waals surface area contributed by atoms with Crippen LogP contribution in [0.3, 0.4) is 0 Å². The van der Waals surface area contributed by atoms with E-state index < -0.39 is 5.41 Å². The average molecular weight is 563 g/mol. The molecule has 0 saturated heterocycles. The van der Waals surface area contributed by atoms with Crippen molar-refractivity contribution in [3.8, 4) is 34.8 Å². The highest BCUT2D eigenvalue weighted by Gasteiger charge is 2.36. The van der Waals surface area contributed by atoms with Crippen molar-refractivity contribution in [1.29, 1.82) is 5.26 Å². The maximum atomic E-state index is 10.4. The third-order valence-corrected chi connectivity index (χ3v) is 6.91. The molecule has 7 nitrogen and oxygen atoms in total. The maximum Gasteiger partial charge on any atom is 0.203 e. The van der Waals surface area contributed by atoms with Crippen molar-refractivity contribution in [1.82, 2.24) is 4.90 Å². The zero-order valence-corrected chi connectivity index (χ0v) is 25.8. The summed E-state index contributed by atoms with van der Waals surface area (Å²) in [4.78, 5) is 2.31. The lowest BCUT2D eigenvalue weighted by atomic mass is 9.69. The van der Waals surface area contributed by atoms with Crippen molar-refractivity contribution in [3.63, 3.8) is 0 Å². The molecule has 0 saturated carbocycles. The first-order valence-electron chi connectivity index (χ1n) is 13.7. The highest BCUT2D eigenvalue weighted by Crippen LogP contribution is 2.41. The molecule has 2 aromatic carbocycles. The van der Waals surface area contributed by atoms with Crippen molar-refractivity contribution in [2.45, 2.75) is 59.3 Å². The summed E-state index contributed by atoms with van der Waals surface area (Å²) >= 11 is 0. The van der Waals surface area contributed by atoms with Gasteiger partial charge in [0.2, 0.25) is 5.75 Å². The molecule has 2 rings (SSSR count). The minimum atomic E-state index is -0.628. The topological polar surface area (TPSA) is 73.2 Å². The van der Waals surface area contributed by atoms with Gasteiger partial charge in [0.15, 0.2) is 11.5 Å². The number of benzene rings is 2. The molecule has 8 heteroatoms. The van der Waals surface area contributed by atoms with Gasteiger partial charge in [0.25, 0.3) is 0 Å². The molecule has 0 amide bonds. The van der Waals surface area contributed by atoms with Crippen LogP contribution in [0.1, 0.15) is 58.6 Å². The van der Waals surface area contributed by atoms with Crippen LogP contribution in [-0.2, 0) is 11.8 Å². The zero-order valence-electron chi connectivity index (χ0n) is 25.0. The van der Waals surface area contributed by atoms with E-state index in [1.807, 2.05) is 39.0 Å². The highest BCUT2D eigenvalue weighted by molar-refractivity contribution is 5.85. The van der Waals surface area contributed by atoms with E-state index in [2.05, 4.69) is 44.0 Å². The van der Waals surface area contributed by atoms with Crippen LogP contribution in [0.25, 0.3) is 0 Å². The summed E-state index contributed by atoms with van der Waals surface area (Å²) in [7, 11) is 5.39. The van der Waals surface area contributed by atoms with E-state index in [4.69, 9.17) is 23.7 Å². The number of rotatable bonds is 17. The molecule has 0 fully saturated rings. The Morgan fingerprint density at radius 2 is 1.38 bits per heavy atom. The van der Waals surface area contributed by atoms with Gasteiger partial charge < -0.3 is 28.6 Å². The molecule has 2 aromatic rings. The Morgan fingerprint density at radius 3 is 1.82 bits per heavy atom. The lowest BCUT2D eigenvalue weighted by Gasteiger charge is -2.32. The lowest BCUT2D eigenvalue weighted by Crippen LogP contribution is -2.32. The second kappa shape index (κ2) is 17.0. The van der Waals surface area contributed by atoms with Gasteiger partial charge in [-0.25, -0.2) is 0 Å². The van der Waals surface area contributed by atoms with Crippen LogP contribution in [-0.4, -0.2) is 59.1 Å². The van der Waals surface area contributed by atoms with Crippen molar-refractivity contribution in [3.05, 3.63) is 41.5 Å². The summed E-state index contributed by atoms with van der Waals surface area (Å²) in [6.45, 7) is 13.5. The number of likely N-dealkylation sites (N-methyl/N-ethyl adjacent to an activating group) is 1. The molecule has 1 unspecified atom stereocenters. The fraction of sp³-hybridized carbons (Fsp3) is 0.581. The van der Waals surface area contributed by atoms with Crippen LogP contribution < -0.4 is 23.7 Å². The fourth-order valence-corrected chi connectivity index (χ4v) is 4.73. The molecule has 1 atom stereocenters. The first-order valence-corrected chi connectivity index (χ1v) is 13.7. The normalized spacial score (nSPS) is 12.3. The van der Waals surface area contributed by atoms with Gasteiger partial charge >= 0.3 is 0 Å². The SMILES string of the molecule is CCOc1cc(CCN(C)CCCC(C#N)(c2cc(OC)cc(OC)c2)C(C)C)cc(OCC)c1OCC.Cl. The number of ether oxygens (including phenoxy) is 5. The van der Waals surface area contributed by atoms with Crippen LogP contribution in [0, 0.1) is 17.2 Å². The van der Waals surface area contributed by atoms with Gasteiger partial charge in [0, 0.05) is 12.6 Å². The summed E-state index contributed by atoms with van der Waals surface area (Å²) < 4.78 is 28.5. The monoisotopic (exact) mass is 562 g/mol. The Labute approximate surface area is 241 Å². The smallest absolute Gasteiger partial charge is 0.203 e. The van der Waals surface area contributed by atoms with E-state index in [1.54, 1.807) is 14.2 Å². The fourth-order valence-electron chi connectivity index (χ4n) is 4.73. The first kappa shape index (κ1) is 34.2. The number of hydrogen-bond donors (Lipinski definition) is 0. The molecule has 39 heavy (non-hydrogen) atoms. The van der Waals surface area contributed by atoms with Gasteiger partial charge in [-0.1, -0.05) is 13.8 Å². The van der Waals surface area contributed by atoms with E-state index in [0.29, 0.717) is 37.1 Å². The Bertz CT molecular complexity index is 1010. The van der Waals surface area contributed by atoms with Crippen LogP contribution in [0.4, 0.5) is 0 Å². The lowest BCUT2D eigenvalue weighted by molar-refractivity contribution is 0.260. The van der Waals surface area contributed by atoms with Crippen LogP contribution >= 0.6 is 12.4 Å². The standard InChI is InChI=1S/C31H46N2O5.ClH/c1-9-36-28-17-24(18-29(37-10-2)30(28)38-11-3)13-16-33(6)15-12-14-31(22-32,23(4)5)25-19-26(34-7)21-27(20-25)35-8;/h17-21,23H,9-16H2,1-8H3;1H. The van der Waals surface area contributed by atoms with Gasteiger partial charge in [-0.15, -0.1) is 12.4 Å². The molecule has 0 heterocycles. The van der Waals surface area contributed by atoms with Crippen LogP contribution in [0.15, 0.2) is 30.3 Å². The molecule has 0 aliphatic rings. The van der Waals surface area contributed by atoms with E-state index in [1.165, 1.54) is 0 Å². The van der Waals surface area contributed by atoms with Crippen molar-refractivity contribution in [2.24, 2.45) is 5.92 Å². The predicted octanol–water partition coefficient (Wildman–Crippen LogP) is 6.69. The number of nitrogens with zero attached hydrogens (tertiary/aromatic N) is 2. The Morgan fingerprint density at radius 1 is 0.846 bits per heavy atom. The summed E-state index contributed by atoms with van der Waals surface area (Å²) in [6, 6.07) is 12.5. The third kappa shape index (κ3) is 9.12. The molecule has 0 aromatic heterocycles. The molecule has 0 aliphatic heterocycles. The number of hydrogen-bond acceptors (Lipinski definition) is 7. The average Bonchev–Trinajstić information content (AvgIpc) is 2.91. The maximum absolute atomic E-state index is 10.4. The van der Waals surface area contributed by atoms with Gasteiger partial charge in [-0.3, -0.25) is 0 Å².